The fourth-order valence-corrected chi connectivity index (χ4v) is 1.67. The van der Waals surface area contributed by atoms with Crippen molar-refractivity contribution >= 4 is 5.97 Å². The Morgan fingerprint density at radius 2 is 2.15 bits per heavy atom. The molecule has 1 aromatic carbocycles. The molecule has 0 saturated carbocycles. The lowest BCUT2D eigenvalue weighted by molar-refractivity contribution is -0.137. The summed E-state index contributed by atoms with van der Waals surface area (Å²) in [6.45, 7) is 0. The van der Waals surface area contributed by atoms with Crippen molar-refractivity contribution in [2.45, 2.75) is 12.3 Å². The minimum Gasteiger partial charge on any atom is -0.481 e. The van der Waals surface area contributed by atoms with Crippen LogP contribution in [0.4, 0.5) is 0 Å². The van der Waals surface area contributed by atoms with Crippen LogP contribution < -0.4 is 0 Å². The zero-order valence-corrected chi connectivity index (χ0v) is 7.10. The number of hydrogen-bond donors (Lipinski definition) is 1. The van der Waals surface area contributed by atoms with Gasteiger partial charge in [-0.1, -0.05) is 36.4 Å². The van der Waals surface area contributed by atoms with Crippen molar-refractivity contribution in [3.63, 3.8) is 0 Å². The number of aliphatic carboxylic acids is 1. The van der Waals surface area contributed by atoms with Crippen LogP contribution in [0.3, 0.4) is 0 Å². The number of rotatable bonds is 1. The van der Waals surface area contributed by atoms with E-state index in [1.807, 2.05) is 30.3 Å². The van der Waals surface area contributed by atoms with Crippen LogP contribution in [-0.2, 0) is 11.2 Å². The second-order valence-electron chi connectivity index (χ2n) is 3.15. The van der Waals surface area contributed by atoms with E-state index in [1.165, 1.54) is 0 Å². The first-order valence-corrected chi connectivity index (χ1v) is 4.26. The van der Waals surface area contributed by atoms with Gasteiger partial charge in [0, 0.05) is 0 Å². The zero-order chi connectivity index (χ0) is 9.26. The summed E-state index contributed by atoms with van der Waals surface area (Å²) in [7, 11) is 0. The highest BCUT2D eigenvalue weighted by Crippen LogP contribution is 2.26. The first-order chi connectivity index (χ1) is 6.29. The van der Waals surface area contributed by atoms with E-state index >= 15 is 0 Å². The second-order valence-corrected chi connectivity index (χ2v) is 3.15. The quantitative estimate of drug-likeness (QED) is 0.661. The smallest absolute Gasteiger partial charge is 0.314 e. The third-order valence-corrected chi connectivity index (χ3v) is 2.32. The van der Waals surface area contributed by atoms with Gasteiger partial charge >= 0.3 is 5.97 Å². The van der Waals surface area contributed by atoms with E-state index in [1.54, 1.807) is 6.08 Å². The SMILES string of the molecule is O=C(O)C1C=CCc2ccccc21. The molecule has 0 aromatic heterocycles. The lowest BCUT2D eigenvalue weighted by atomic mass is 9.88. The minimum atomic E-state index is -0.775. The molecule has 1 N–H and O–H groups in total. The average Bonchev–Trinajstić information content (AvgIpc) is 2.17. The predicted molar refractivity (Wildman–Crippen MR) is 49.7 cm³/mol. The van der Waals surface area contributed by atoms with Gasteiger partial charge in [-0.25, -0.2) is 0 Å². The Labute approximate surface area is 76.5 Å². The summed E-state index contributed by atoms with van der Waals surface area (Å²) >= 11 is 0. The average molecular weight is 174 g/mol. The fraction of sp³-hybridized carbons (Fsp3) is 0.182. The van der Waals surface area contributed by atoms with Gasteiger partial charge in [0.1, 0.15) is 5.92 Å². The van der Waals surface area contributed by atoms with Crippen molar-refractivity contribution in [3.8, 4) is 0 Å². The first-order valence-electron chi connectivity index (χ1n) is 4.26. The molecule has 1 aliphatic rings. The predicted octanol–water partition coefficient (Wildman–Crippen LogP) is 1.97. The van der Waals surface area contributed by atoms with Gasteiger partial charge in [0.25, 0.3) is 0 Å². The van der Waals surface area contributed by atoms with Crippen LogP contribution in [-0.4, -0.2) is 11.1 Å². The van der Waals surface area contributed by atoms with Crippen LogP contribution in [0.5, 0.6) is 0 Å². The van der Waals surface area contributed by atoms with E-state index in [2.05, 4.69) is 0 Å². The van der Waals surface area contributed by atoms with Gasteiger partial charge in [-0.2, -0.15) is 0 Å². The Kier molecular flexibility index (Phi) is 1.89. The van der Waals surface area contributed by atoms with Crippen molar-refractivity contribution in [3.05, 3.63) is 47.5 Å². The molecule has 0 bridgehead atoms. The zero-order valence-electron chi connectivity index (χ0n) is 7.10. The summed E-state index contributed by atoms with van der Waals surface area (Å²) in [5, 5.41) is 8.93. The van der Waals surface area contributed by atoms with Crippen molar-refractivity contribution in [2.24, 2.45) is 0 Å². The highest BCUT2D eigenvalue weighted by atomic mass is 16.4. The molecule has 0 spiro atoms. The van der Waals surface area contributed by atoms with Gasteiger partial charge in [0.05, 0.1) is 0 Å². The summed E-state index contributed by atoms with van der Waals surface area (Å²) in [4.78, 5) is 10.9. The Morgan fingerprint density at radius 3 is 2.92 bits per heavy atom. The molecule has 0 radical (unpaired) electrons. The second kappa shape index (κ2) is 3.05. The van der Waals surface area contributed by atoms with Crippen molar-refractivity contribution in [1.29, 1.82) is 0 Å². The summed E-state index contributed by atoms with van der Waals surface area (Å²) in [5.41, 5.74) is 2.05. The molecular formula is C11H10O2. The van der Waals surface area contributed by atoms with Crippen LogP contribution in [0.2, 0.25) is 0 Å². The van der Waals surface area contributed by atoms with Gasteiger partial charge in [-0.05, 0) is 17.5 Å². The number of allylic oxidation sites excluding steroid dienone is 1. The normalized spacial score (nSPS) is 19.5. The maximum absolute atomic E-state index is 10.9. The Hall–Kier alpha value is -1.57. The summed E-state index contributed by atoms with van der Waals surface area (Å²) in [5.74, 6) is -1.23. The van der Waals surface area contributed by atoms with Gasteiger partial charge in [0.2, 0.25) is 0 Å². The number of benzene rings is 1. The molecular weight excluding hydrogens is 164 g/mol. The third-order valence-electron chi connectivity index (χ3n) is 2.32. The maximum Gasteiger partial charge on any atom is 0.314 e. The lowest BCUT2D eigenvalue weighted by Gasteiger charge is -2.16. The molecule has 0 saturated heterocycles. The number of fused-ring (bicyclic) bond motifs is 1. The number of hydrogen-bond acceptors (Lipinski definition) is 1. The van der Waals surface area contributed by atoms with Gasteiger partial charge in [-0.3, -0.25) is 4.79 Å². The van der Waals surface area contributed by atoms with Gasteiger partial charge in [-0.15, -0.1) is 0 Å². The molecule has 0 aliphatic heterocycles. The molecule has 66 valence electrons. The van der Waals surface area contributed by atoms with E-state index in [0.717, 1.165) is 17.5 Å². The van der Waals surface area contributed by atoms with E-state index < -0.39 is 11.9 Å². The van der Waals surface area contributed by atoms with Crippen molar-refractivity contribution < 1.29 is 9.90 Å². The van der Waals surface area contributed by atoms with Crippen molar-refractivity contribution in [2.75, 3.05) is 0 Å². The monoisotopic (exact) mass is 174 g/mol. The van der Waals surface area contributed by atoms with Gasteiger partial charge < -0.3 is 5.11 Å². The van der Waals surface area contributed by atoms with Crippen molar-refractivity contribution in [1.82, 2.24) is 0 Å². The maximum atomic E-state index is 10.9. The molecule has 1 unspecified atom stereocenters. The molecule has 2 nitrogen and oxygen atoms in total. The Bertz CT molecular complexity index is 366. The molecule has 2 heteroatoms. The largest absolute Gasteiger partial charge is 0.481 e. The molecule has 0 heterocycles. The highest BCUT2D eigenvalue weighted by Gasteiger charge is 2.21. The minimum absolute atomic E-state index is 0.454. The number of carboxylic acid groups (broad SMARTS) is 1. The highest BCUT2D eigenvalue weighted by molar-refractivity contribution is 5.79. The van der Waals surface area contributed by atoms with E-state index in [4.69, 9.17) is 5.11 Å². The Balaban J connectivity index is 2.48. The third kappa shape index (κ3) is 1.35. The van der Waals surface area contributed by atoms with Crippen LogP contribution in [0, 0.1) is 0 Å². The molecule has 0 fully saturated rings. The van der Waals surface area contributed by atoms with Gasteiger partial charge in [0.15, 0.2) is 0 Å². The lowest BCUT2D eigenvalue weighted by Crippen LogP contribution is -2.13. The fourth-order valence-electron chi connectivity index (χ4n) is 1.67. The topological polar surface area (TPSA) is 37.3 Å². The van der Waals surface area contributed by atoms with E-state index in [-0.39, 0.29) is 0 Å². The molecule has 13 heavy (non-hydrogen) atoms. The van der Waals surface area contributed by atoms with E-state index in [9.17, 15) is 4.79 Å². The summed E-state index contributed by atoms with van der Waals surface area (Å²) < 4.78 is 0. The van der Waals surface area contributed by atoms with E-state index in [0.29, 0.717) is 0 Å². The number of carboxylic acids is 1. The molecule has 1 aliphatic carbocycles. The van der Waals surface area contributed by atoms with Crippen LogP contribution in [0.15, 0.2) is 36.4 Å². The molecule has 0 amide bonds. The molecule has 1 atom stereocenters. The van der Waals surface area contributed by atoms with Crippen LogP contribution in [0.25, 0.3) is 0 Å². The molecule has 2 rings (SSSR count). The first kappa shape index (κ1) is 8.05. The Morgan fingerprint density at radius 1 is 1.38 bits per heavy atom. The standard InChI is InChI=1S/C11H10O2/c12-11(13)10-7-3-5-8-4-1-2-6-9(8)10/h1-4,6-7,10H,5H2,(H,12,13). The summed E-state index contributed by atoms with van der Waals surface area (Å²) in [6, 6.07) is 7.69. The molecule has 1 aromatic rings. The van der Waals surface area contributed by atoms with Crippen LogP contribution in [0.1, 0.15) is 17.0 Å². The summed E-state index contributed by atoms with van der Waals surface area (Å²) in [6.07, 6.45) is 4.52. The van der Waals surface area contributed by atoms with Crippen LogP contribution >= 0.6 is 0 Å². The number of carbonyl (C=O) groups is 1.